The lowest BCUT2D eigenvalue weighted by Crippen LogP contribution is -2.53. The Hall–Kier alpha value is -2.97. The molecule has 2 fully saturated rings. The van der Waals surface area contributed by atoms with Gasteiger partial charge >= 0.3 is 6.03 Å². The van der Waals surface area contributed by atoms with E-state index in [9.17, 15) is 9.59 Å². The Bertz CT molecular complexity index is 1090. The van der Waals surface area contributed by atoms with E-state index in [2.05, 4.69) is 25.8 Å². The van der Waals surface area contributed by atoms with E-state index in [0.29, 0.717) is 6.54 Å². The van der Waals surface area contributed by atoms with Crippen LogP contribution in [0.4, 0.5) is 4.79 Å². The number of carbonyl (C=O) groups excluding carboxylic acids is 2. The number of imide groups is 1. The fourth-order valence-electron chi connectivity index (χ4n) is 4.86. The van der Waals surface area contributed by atoms with E-state index in [-0.39, 0.29) is 17.9 Å². The number of likely N-dealkylation sites (tertiary alicyclic amines) is 1. The predicted molar refractivity (Wildman–Crippen MR) is 123 cm³/mol. The fourth-order valence-corrected chi connectivity index (χ4v) is 5.52. The number of piperidine rings is 1. The summed E-state index contributed by atoms with van der Waals surface area (Å²) >= 11 is 1.57. The minimum Gasteiger partial charge on any atom is -0.323 e. The SMILES string of the molecule is CC1(C2CCN(Cc3cccn3-c3ccccn3)CC2)NC(=O)N(Cc2ccsc2)C1=O. The minimum absolute atomic E-state index is 0.101. The van der Waals surface area contributed by atoms with E-state index in [1.54, 1.807) is 17.5 Å². The van der Waals surface area contributed by atoms with E-state index in [1.165, 1.54) is 10.6 Å². The quantitative estimate of drug-likeness (QED) is 0.583. The molecule has 1 N–H and O–H groups in total. The van der Waals surface area contributed by atoms with Gasteiger partial charge in [0.2, 0.25) is 0 Å². The first-order valence-corrected chi connectivity index (χ1v) is 11.9. The van der Waals surface area contributed by atoms with Crippen molar-refractivity contribution in [2.45, 2.75) is 38.4 Å². The van der Waals surface area contributed by atoms with Crippen LogP contribution in [0.15, 0.2) is 59.6 Å². The number of pyridine rings is 1. The maximum absolute atomic E-state index is 13.2. The Morgan fingerprint density at radius 1 is 1.12 bits per heavy atom. The third-order valence-electron chi connectivity index (χ3n) is 6.74. The van der Waals surface area contributed by atoms with Gasteiger partial charge in [0, 0.05) is 24.6 Å². The molecule has 166 valence electrons. The van der Waals surface area contributed by atoms with Crippen molar-refractivity contribution >= 4 is 23.3 Å². The van der Waals surface area contributed by atoms with E-state index in [1.807, 2.05) is 54.2 Å². The number of thiophene rings is 1. The highest BCUT2D eigenvalue weighted by atomic mass is 32.1. The first-order chi connectivity index (χ1) is 15.5. The number of rotatable bonds is 6. The van der Waals surface area contributed by atoms with Crippen LogP contribution in [0.25, 0.3) is 5.82 Å². The number of nitrogens with zero attached hydrogens (tertiary/aromatic N) is 4. The Labute approximate surface area is 191 Å². The lowest BCUT2D eigenvalue weighted by Gasteiger charge is -2.39. The zero-order valence-electron chi connectivity index (χ0n) is 18.1. The summed E-state index contributed by atoms with van der Waals surface area (Å²) < 4.78 is 2.12. The second-order valence-corrected chi connectivity index (χ2v) is 9.54. The molecular weight excluding hydrogens is 422 g/mol. The molecule has 3 amide bonds. The molecule has 2 saturated heterocycles. The van der Waals surface area contributed by atoms with E-state index < -0.39 is 5.54 Å². The standard InChI is InChI=1S/C24H27N5O2S/c1-24(22(30)29(23(31)26-24)15-18-9-14-32-17-18)19-7-12-27(13-8-19)16-20-5-4-11-28(20)21-6-2-3-10-25-21/h2-6,9-11,14,17,19H,7-8,12-13,15-16H2,1H3,(H,26,31). The van der Waals surface area contributed by atoms with Crippen LogP contribution in [-0.2, 0) is 17.9 Å². The second kappa shape index (κ2) is 8.52. The molecule has 5 heterocycles. The smallest absolute Gasteiger partial charge is 0.323 e. The highest BCUT2D eigenvalue weighted by Gasteiger charge is 2.52. The van der Waals surface area contributed by atoms with Crippen molar-refractivity contribution in [3.05, 3.63) is 70.8 Å². The minimum atomic E-state index is -0.826. The summed E-state index contributed by atoms with van der Waals surface area (Å²) in [5, 5.41) is 6.96. The van der Waals surface area contributed by atoms with Crippen LogP contribution < -0.4 is 5.32 Å². The van der Waals surface area contributed by atoms with Gasteiger partial charge in [-0.3, -0.25) is 14.6 Å². The molecule has 1 unspecified atom stereocenters. The van der Waals surface area contributed by atoms with Crippen LogP contribution in [-0.4, -0.2) is 49.9 Å². The molecule has 3 aromatic rings. The summed E-state index contributed by atoms with van der Waals surface area (Å²) in [5.41, 5.74) is 1.36. The molecule has 5 rings (SSSR count). The number of urea groups is 1. The van der Waals surface area contributed by atoms with E-state index in [0.717, 1.165) is 43.9 Å². The lowest BCUT2D eigenvalue weighted by atomic mass is 9.79. The van der Waals surface area contributed by atoms with Crippen LogP contribution in [0.3, 0.4) is 0 Å². The van der Waals surface area contributed by atoms with Crippen molar-refractivity contribution in [3.8, 4) is 5.82 Å². The van der Waals surface area contributed by atoms with Crippen LogP contribution in [0.1, 0.15) is 31.0 Å². The van der Waals surface area contributed by atoms with Gasteiger partial charge in [0.1, 0.15) is 11.4 Å². The Morgan fingerprint density at radius 3 is 2.69 bits per heavy atom. The molecule has 0 bridgehead atoms. The van der Waals surface area contributed by atoms with Crippen molar-refractivity contribution < 1.29 is 9.59 Å². The van der Waals surface area contributed by atoms with Crippen LogP contribution in [0, 0.1) is 5.92 Å². The summed E-state index contributed by atoms with van der Waals surface area (Å²) in [4.78, 5) is 34.1. The Balaban J connectivity index is 1.22. The summed E-state index contributed by atoms with van der Waals surface area (Å²) in [5.74, 6) is 0.946. The van der Waals surface area contributed by atoms with Gasteiger partial charge in [-0.25, -0.2) is 9.78 Å². The molecule has 7 nitrogen and oxygen atoms in total. The third kappa shape index (κ3) is 3.84. The molecule has 1 atom stereocenters. The van der Waals surface area contributed by atoms with Crippen LogP contribution in [0.5, 0.6) is 0 Å². The highest BCUT2D eigenvalue weighted by molar-refractivity contribution is 7.07. The zero-order chi connectivity index (χ0) is 22.1. The summed E-state index contributed by atoms with van der Waals surface area (Å²) in [6.07, 6.45) is 5.60. The first-order valence-electron chi connectivity index (χ1n) is 11.0. The fraction of sp³-hybridized carbons (Fsp3) is 0.375. The van der Waals surface area contributed by atoms with Gasteiger partial charge in [-0.2, -0.15) is 11.3 Å². The van der Waals surface area contributed by atoms with E-state index in [4.69, 9.17) is 0 Å². The van der Waals surface area contributed by atoms with E-state index >= 15 is 0 Å². The van der Waals surface area contributed by atoms with Crippen molar-refractivity contribution in [3.63, 3.8) is 0 Å². The van der Waals surface area contributed by atoms with Crippen molar-refractivity contribution in [1.29, 1.82) is 0 Å². The maximum Gasteiger partial charge on any atom is 0.325 e. The van der Waals surface area contributed by atoms with Gasteiger partial charge in [0.25, 0.3) is 5.91 Å². The normalized spacial score (nSPS) is 22.5. The highest BCUT2D eigenvalue weighted by Crippen LogP contribution is 2.34. The molecular formula is C24H27N5O2S. The molecule has 0 saturated carbocycles. The second-order valence-electron chi connectivity index (χ2n) is 8.76. The number of carbonyl (C=O) groups is 2. The molecule has 3 aromatic heterocycles. The molecule has 0 aromatic carbocycles. The number of nitrogens with one attached hydrogen (secondary N) is 1. The van der Waals surface area contributed by atoms with Gasteiger partial charge in [0.05, 0.1) is 6.54 Å². The molecule has 32 heavy (non-hydrogen) atoms. The number of hydrogen-bond donors (Lipinski definition) is 1. The monoisotopic (exact) mass is 449 g/mol. The average Bonchev–Trinajstić information content (AvgIpc) is 3.54. The van der Waals surface area contributed by atoms with Gasteiger partial charge in [-0.05, 0) is 85.4 Å². The predicted octanol–water partition coefficient (Wildman–Crippen LogP) is 3.66. The Kier molecular flexibility index (Phi) is 5.57. The zero-order valence-corrected chi connectivity index (χ0v) is 18.9. The van der Waals surface area contributed by atoms with Crippen molar-refractivity contribution in [1.82, 2.24) is 24.7 Å². The van der Waals surface area contributed by atoms with Gasteiger partial charge < -0.3 is 9.88 Å². The summed E-state index contributed by atoms with van der Waals surface area (Å²) in [6.45, 7) is 4.85. The molecule has 8 heteroatoms. The molecule has 0 spiro atoms. The van der Waals surface area contributed by atoms with Gasteiger partial charge in [-0.1, -0.05) is 6.07 Å². The van der Waals surface area contributed by atoms with Gasteiger partial charge in [0.15, 0.2) is 0 Å². The van der Waals surface area contributed by atoms with Crippen LogP contribution >= 0.6 is 11.3 Å². The largest absolute Gasteiger partial charge is 0.325 e. The number of amides is 3. The van der Waals surface area contributed by atoms with Crippen molar-refractivity contribution in [2.75, 3.05) is 13.1 Å². The summed E-state index contributed by atoms with van der Waals surface area (Å²) in [6, 6.07) is 11.8. The van der Waals surface area contributed by atoms with Gasteiger partial charge in [-0.15, -0.1) is 0 Å². The summed E-state index contributed by atoms with van der Waals surface area (Å²) in [7, 11) is 0. The number of aromatic nitrogens is 2. The average molecular weight is 450 g/mol. The maximum atomic E-state index is 13.2. The molecule has 0 aliphatic carbocycles. The molecule has 2 aliphatic rings. The first kappa shape index (κ1) is 20.9. The van der Waals surface area contributed by atoms with Crippen molar-refractivity contribution in [2.24, 2.45) is 5.92 Å². The lowest BCUT2D eigenvalue weighted by molar-refractivity contribution is -0.133. The Morgan fingerprint density at radius 2 is 1.97 bits per heavy atom. The molecule has 0 radical (unpaired) electrons. The van der Waals surface area contributed by atoms with Crippen LogP contribution in [0.2, 0.25) is 0 Å². The molecule has 2 aliphatic heterocycles. The number of hydrogen-bond acceptors (Lipinski definition) is 5. The topological polar surface area (TPSA) is 70.5 Å². The third-order valence-corrected chi connectivity index (χ3v) is 7.47.